The first kappa shape index (κ1) is 21.9. The molecule has 1 amide bonds. The molecule has 0 aliphatic heterocycles. The Morgan fingerprint density at radius 2 is 1.74 bits per heavy atom. The molecule has 3 aromatic carbocycles. The fraction of sp³-hybridized carbons (Fsp3) is 0. The molecular weight excluding hydrogens is 444 g/mol. The third-order valence-corrected chi connectivity index (χ3v) is 5.63. The molecule has 31 heavy (non-hydrogen) atoms. The number of anilines is 1. The largest absolute Gasteiger partial charge is 0.279 e. The summed E-state index contributed by atoms with van der Waals surface area (Å²) in [5.41, 5.74) is 2.67. The lowest BCUT2D eigenvalue weighted by Crippen LogP contribution is -2.21. The van der Waals surface area contributed by atoms with E-state index in [0.717, 1.165) is 0 Å². The Morgan fingerprint density at radius 3 is 2.45 bits per heavy atom. The molecule has 0 fully saturated rings. The standard InChI is InChI=1S/C20H15ClN4O5S/c21-15-8-10-17(11-9-15)31(29,30)24-19-7-2-1-6-18(19)20(26)23-22-13-14-4-3-5-16(12-14)25(27)28/h1-13,24H,(H,23,26)/b22-13-. The highest BCUT2D eigenvalue weighted by atomic mass is 35.5. The van der Waals surface area contributed by atoms with Gasteiger partial charge in [0.2, 0.25) is 0 Å². The molecule has 11 heteroatoms. The topological polar surface area (TPSA) is 131 Å². The summed E-state index contributed by atoms with van der Waals surface area (Å²) in [5, 5.41) is 15.0. The summed E-state index contributed by atoms with van der Waals surface area (Å²) in [5.74, 6) is -0.670. The summed E-state index contributed by atoms with van der Waals surface area (Å²) >= 11 is 5.79. The Bertz CT molecular complexity index is 1260. The van der Waals surface area contributed by atoms with E-state index < -0.39 is 20.9 Å². The maximum absolute atomic E-state index is 12.6. The predicted octanol–water partition coefficient (Wildman–Crippen LogP) is 3.81. The molecule has 0 saturated heterocycles. The Balaban J connectivity index is 1.76. The molecule has 0 heterocycles. The van der Waals surface area contributed by atoms with Crippen molar-refractivity contribution < 1.29 is 18.1 Å². The maximum Gasteiger partial charge on any atom is 0.273 e. The molecule has 0 aromatic heterocycles. The van der Waals surface area contributed by atoms with E-state index in [2.05, 4.69) is 15.2 Å². The summed E-state index contributed by atoms with van der Waals surface area (Å²) in [6.07, 6.45) is 1.24. The molecule has 0 unspecified atom stereocenters. The second kappa shape index (κ2) is 9.37. The number of amides is 1. The minimum Gasteiger partial charge on any atom is -0.279 e. The molecule has 0 atom stereocenters. The number of nitro benzene ring substituents is 1. The van der Waals surface area contributed by atoms with Crippen molar-refractivity contribution in [3.05, 3.63) is 99.1 Å². The van der Waals surface area contributed by atoms with Gasteiger partial charge in [0, 0.05) is 22.7 Å². The van der Waals surface area contributed by atoms with Crippen molar-refractivity contribution in [1.29, 1.82) is 0 Å². The second-order valence-electron chi connectivity index (χ2n) is 6.16. The lowest BCUT2D eigenvalue weighted by Gasteiger charge is -2.11. The van der Waals surface area contributed by atoms with E-state index in [1.165, 1.54) is 60.8 Å². The van der Waals surface area contributed by atoms with E-state index in [9.17, 15) is 23.3 Å². The first-order chi connectivity index (χ1) is 14.8. The highest BCUT2D eigenvalue weighted by molar-refractivity contribution is 7.92. The predicted molar refractivity (Wildman–Crippen MR) is 117 cm³/mol. The van der Waals surface area contributed by atoms with Crippen molar-refractivity contribution >= 4 is 45.1 Å². The minimum atomic E-state index is -3.95. The van der Waals surface area contributed by atoms with Crippen LogP contribution in [-0.2, 0) is 10.0 Å². The normalized spacial score (nSPS) is 11.3. The number of hydrogen-bond donors (Lipinski definition) is 2. The number of nitrogens with zero attached hydrogens (tertiary/aromatic N) is 2. The molecule has 158 valence electrons. The number of hydrazone groups is 1. The van der Waals surface area contributed by atoms with Crippen LogP contribution in [0, 0.1) is 10.1 Å². The van der Waals surface area contributed by atoms with Crippen molar-refractivity contribution in [2.75, 3.05) is 4.72 Å². The molecule has 0 aliphatic carbocycles. The molecular formula is C20H15ClN4O5S. The summed E-state index contributed by atoms with van der Waals surface area (Å²) < 4.78 is 27.6. The zero-order chi connectivity index (χ0) is 22.4. The van der Waals surface area contributed by atoms with Crippen molar-refractivity contribution in [3.63, 3.8) is 0 Å². The number of benzene rings is 3. The van der Waals surface area contributed by atoms with E-state index in [-0.39, 0.29) is 21.8 Å². The van der Waals surface area contributed by atoms with Crippen LogP contribution in [0.4, 0.5) is 11.4 Å². The van der Waals surface area contributed by atoms with Crippen LogP contribution in [0.3, 0.4) is 0 Å². The molecule has 0 radical (unpaired) electrons. The van der Waals surface area contributed by atoms with Gasteiger partial charge in [-0.1, -0.05) is 35.9 Å². The molecule has 0 spiro atoms. The number of rotatable bonds is 7. The summed E-state index contributed by atoms with van der Waals surface area (Å²) in [6, 6.07) is 17.3. The van der Waals surface area contributed by atoms with E-state index in [4.69, 9.17) is 11.6 Å². The Kier molecular flexibility index (Phi) is 6.63. The summed E-state index contributed by atoms with van der Waals surface area (Å²) in [4.78, 5) is 22.8. The third kappa shape index (κ3) is 5.65. The van der Waals surface area contributed by atoms with Gasteiger partial charge in [0.15, 0.2) is 0 Å². The lowest BCUT2D eigenvalue weighted by atomic mass is 10.2. The van der Waals surface area contributed by atoms with Crippen molar-refractivity contribution in [1.82, 2.24) is 5.43 Å². The number of hydrogen-bond acceptors (Lipinski definition) is 6. The number of para-hydroxylation sites is 1. The van der Waals surface area contributed by atoms with E-state index in [0.29, 0.717) is 10.6 Å². The van der Waals surface area contributed by atoms with Gasteiger partial charge in [-0.2, -0.15) is 5.10 Å². The first-order valence-electron chi connectivity index (χ1n) is 8.71. The molecule has 3 rings (SSSR count). The van der Waals surface area contributed by atoms with Gasteiger partial charge in [-0.25, -0.2) is 13.8 Å². The van der Waals surface area contributed by atoms with Gasteiger partial charge in [0.25, 0.3) is 21.6 Å². The van der Waals surface area contributed by atoms with Crippen LogP contribution >= 0.6 is 11.6 Å². The van der Waals surface area contributed by atoms with Crippen LogP contribution in [0.2, 0.25) is 5.02 Å². The zero-order valence-electron chi connectivity index (χ0n) is 15.7. The lowest BCUT2D eigenvalue weighted by molar-refractivity contribution is -0.384. The van der Waals surface area contributed by atoms with E-state index in [1.807, 2.05) is 0 Å². The van der Waals surface area contributed by atoms with Gasteiger partial charge in [0.05, 0.1) is 27.3 Å². The van der Waals surface area contributed by atoms with Crippen LogP contribution in [0.15, 0.2) is 82.8 Å². The smallest absolute Gasteiger partial charge is 0.273 e. The third-order valence-electron chi connectivity index (χ3n) is 4.00. The molecule has 0 saturated carbocycles. The minimum absolute atomic E-state index is 0.0178. The van der Waals surface area contributed by atoms with Gasteiger partial charge < -0.3 is 0 Å². The monoisotopic (exact) mass is 458 g/mol. The number of carbonyl (C=O) groups is 1. The van der Waals surface area contributed by atoms with Crippen LogP contribution in [0.25, 0.3) is 0 Å². The number of carbonyl (C=O) groups excluding carboxylic acids is 1. The number of sulfonamides is 1. The number of nitrogens with one attached hydrogen (secondary N) is 2. The van der Waals surface area contributed by atoms with Crippen LogP contribution in [0.1, 0.15) is 15.9 Å². The van der Waals surface area contributed by atoms with Gasteiger partial charge in [0.1, 0.15) is 0 Å². The fourth-order valence-electron chi connectivity index (χ4n) is 2.53. The zero-order valence-corrected chi connectivity index (χ0v) is 17.3. The van der Waals surface area contributed by atoms with Crippen LogP contribution < -0.4 is 10.1 Å². The van der Waals surface area contributed by atoms with Crippen LogP contribution in [-0.4, -0.2) is 25.5 Å². The number of halogens is 1. The Labute approximate surface area is 182 Å². The van der Waals surface area contributed by atoms with Crippen LogP contribution in [0.5, 0.6) is 0 Å². The Hall–Kier alpha value is -3.76. The Morgan fingerprint density at radius 1 is 1.03 bits per heavy atom. The maximum atomic E-state index is 12.6. The fourth-order valence-corrected chi connectivity index (χ4v) is 3.74. The van der Waals surface area contributed by atoms with Gasteiger partial charge in [-0.05, 0) is 36.4 Å². The summed E-state index contributed by atoms with van der Waals surface area (Å²) in [6.45, 7) is 0. The highest BCUT2D eigenvalue weighted by Gasteiger charge is 2.18. The van der Waals surface area contributed by atoms with Gasteiger partial charge in [-0.15, -0.1) is 0 Å². The second-order valence-corrected chi connectivity index (χ2v) is 8.28. The van der Waals surface area contributed by atoms with Gasteiger partial charge in [-0.3, -0.25) is 19.6 Å². The summed E-state index contributed by atoms with van der Waals surface area (Å²) in [7, 11) is -3.95. The van der Waals surface area contributed by atoms with Gasteiger partial charge >= 0.3 is 0 Å². The average molecular weight is 459 g/mol. The van der Waals surface area contributed by atoms with E-state index in [1.54, 1.807) is 18.2 Å². The van der Waals surface area contributed by atoms with Crippen molar-refractivity contribution in [2.45, 2.75) is 4.90 Å². The molecule has 2 N–H and O–H groups in total. The number of non-ortho nitro benzene ring substituents is 1. The molecule has 0 aliphatic rings. The first-order valence-corrected chi connectivity index (χ1v) is 10.6. The average Bonchev–Trinajstić information content (AvgIpc) is 2.74. The van der Waals surface area contributed by atoms with E-state index >= 15 is 0 Å². The SMILES string of the molecule is O=C(N/N=C\c1cccc([N+](=O)[O-])c1)c1ccccc1NS(=O)(=O)c1ccc(Cl)cc1. The quantitative estimate of drug-likeness (QED) is 0.315. The molecule has 0 bridgehead atoms. The molecule has 3 aromatic rings. The highest BCUT2D eigenvalue weighted by Crippen LogP contribution is 2.21. The molecule has 9 nitrogen and oxygen atoms in total. The number of nitro groups is 1. The van der Waals surface area contributed by atoms with Crippen molar-refractivity contribution in [2.24, 2.45) is 5.10 Å². The van der Waals surface area contributed by atoms with Crippen molar-refractivity contribution in [3.8, 4) is 0 Å².